The molecular formula is C12H16FN. The zero-order valence-corrected chi connectivity index (χ0v) is 8.68. The second kappa shape index (κ2) is 4.91. The number of benzene rings is 1. The molecule has 0 atom stereocenters. The second-order valence-electron chi connectivity index (χ2n) is 3.48. The highest BCUT2D eigenvalue weighted by molar-refractivity contribution is 5.64. The van der Waals surface area contributed by atoms with Gasteiger partial charge in [0.1, 0.15) is 5.82 Å². The number of hydrogen-bond donors (Lipinski definition) is 1. The third-order valence-corrected chi connectivity index (χ3v) is 2.11. The van der Waals surface area contributed by atoms with Crippen molar-refractivity contribution in [2.24, 2.45) is 5.73 Å². The van der Waals surface area contributed by atoms with Crippen molar-refractivity contribution in [2.45, 2.75) is 20.3 Å². The largest absolute Gasteiger partial charge is 0.330 e. The quantitative estimate of drug-likeness (QED) is 0.784. The van der Waals surface area contributed by atoms with E-state index < -0.39 is 0 Å². The number of halogens is 1. The van der Waals surface area contributed by atoms with E-state index in [1.165, 1.54) is 6.07 Å². The molecule has 2 heteroatoms. The zero-order valence-electron chi connectivity index (χ0n) is 8.68. The molecule has 0 bridgehead atoms. The normalized spacial score (nSPS) is 11.9. The summed E-state index contributed by atoms with van der Waals surface area (Å²) < 4.78 is 13.1. The van der Waals surface area contributed by atoms with E-state index in [0.29, 0.717) is 6.54 Å². The van der Waals surface area contributed by atoms with E-state index in [0.717, 1.165) is 23.1 Å². The van der Waals surface area contributed by atoms with Crippen LogP contribution >= 0.6 is 0 Å². The molecule has 14 heavy (non-hydrogen) atoms. The van der Waals surface area contributed by atoms with Crippen LogP contribution in [0.3, 0.4) is 0 Å². The third kappa shape index (κ3) is 2.96. The van der Waals surface area contributed by atoms with Crippen LogP contribution in [0.5, 0.6) is 0 Å². The highest BCUT2D eigenvalue weighted by Crippen LogP contribution is 2.17. The van der Waals surface area contributed by atoms with Gasteiger partial charge < -0.3 is 5.73 Å². The highest BCUT2D eigenvalue weighted by Gasteiger charge is 1.99. The summed E-state index contributed by atoms with van der Waals surface area (Å²) in [7, 11) is 0. The SMILES string of the molecule is CC(=CCCN)c1cc(C)cc(F)c1. The fraction of sp³-hybridized carbons (Fsp3) is 0.333. The van der Waals surface area contributed by atoms with Crippen LogP contribution in [0.2, 0.25) is 0 Å². The van der Waals surface area contributed by atoms with Crippen LogP contribution in [0, 0.1) is 12.7 Å². The Morgan fingerprint density at radius 3 is 2.71 bits per heavy atom. The molecule has 0 spiro atoms. The molecule has 1 nitrogen and oxygen atoms in total. The van der Waals surface area contributed by atoms with Crippen LogP contribution in [0.1, 0.15) is 24.5 Å². The van der Waals surface area contributed by atoms with E-state index in [2.05, 4.69) is 0 Å². The van der Waals surface area contributed by atoms with Crippen molar-refractivity contribution in [3.63, 3.8) is 0 Å². The van der Waals surface area contributed by atoms with Crippen LogP contribution in [0.4, 0.5) is 4.39 Å². The molecule has 1 rings (SSSR count). The molecule has 0 fully saturated rings. The highest BCUT2D eigenvalue weighted by atomic mass is 19.1. The fourth-order valence-corrected chi connectivity index (χ4v) is 1.38. The summed E-state index contributed by atoms with van der Waals surface area (Å²) in [5.74, 6) is -0.180. The lowest BCUT2D eigenvalue weighted by Crippen LogP contribution is -1.96. The molecule has 0 amide bonds. The molecule has 1 aromatic rings. The Bertz CT molecular complexity index is 322. The Kier molecular flexibility index (Phi) is 3.84. The van der Waals surface area contributed by atoms with E-state index >= 15 is 0 Å². The maximum atomic E-state index is 13.1. The lowest BCUT2D eigenvalue weighted by molar-refractivity contribution is 0.626. The fourth-order valence-electron chi connectivity index (χ4n) is 1.38. The number of rotatable bonds is 3. The van der Waals surface area contributed by atoms with Crippen molar-refractivity contribution in [3.05, 3.63) is 41.2 Å². The van der Waals surface area contributed by atoms with Crippen molar-refractivity contribution in [1.29, 1.82) is 0 Å². The van der Waals surface area contributed by atoms with Gasteiger partial charge in [0.05, 0.1) is 0 Å². The van der Waals surface area contributed by atoms with E-state index in [1.807, 2.05) is 26.0 Å². The number of allylic oxidation sites excluding steroid dienone is 1. The molecular weight excluding hydrogens is 177 g/mol. The maximum Gasteiger partial charge on any atom is 0.124 e. The summed E-state index contributed by atoms with van der Waals surface area (Å²) >= 11 is 0. The van der Waals surface area contributed by atoms with Gasteiger partial charge in [0.15, 0.2) is 0 Å². The first-order valence-corrected chi connectivity index (χ1v) is 4.78. The first-order valence-electron chi connectivity index (χ1n) is 4.78. The van der Waals surface area contributed by atoms with Crippen molar-refractivity contribution in [3.8, 4) is 0 Å². The molecule has 0 saturated carbocycles. The van der Waals surface area contributed by atoms with Gasteiger partial charge in [0.25, 0.3) is 0 Å². The Labute approximate surface area is 84.4 Å². The molecule has 0 unspecified atom stereocenters. The van der Waals surface area contributed by atoms with E-state index in [-0.39, 0.29) is 5.82 Å². The average molecular weight is 193 g/mol. The topological polar surface area (TPSA) is 26.0 Å². The van der Waals surface area contributed by atoms with Crippen LogP contribution in [0.25, 0.3) is 5.57 Å². The minimum atomic E-state index is -0.180. The summed E-state index contributed by atoms with van der Waals surface area (Å²) in [4.78, 5) is 0. The summed E-state index contributed by atoms with van der Waals surface area (Å²) in [6.45, 7) is 4.50. The Hall–Kier alpha value is -1.15. The van der Waals surface area contributed by atoms with Crippen LogP contribution < -0.4 is 5.73 Å². The molecule has 2 N–H and O–H groups in total. The van der Waals surface area contributed by atoms with Crippen LogP contribution in [0.15, 0.2) is 24.3 Å². The van der Waals surface area contributed by atoms with E-state index in [4.69, 9.17) is 5.73 Å². The maximum absolute atomic E-state index is 13.1. The molecule has 0 radical (unpaired) electrons. The van der Waals surface area contributed by atoms with Gasteiger partial charge in [-0.15, -0.1) is 0 Å². The number of hydrogen-bond acceptors (Lipinski definition) is 1. The molecule has 76 valence electrons. The second-order valence-corrected chi connectivity index (χ2v) is 3.48. The predicted molar refractivity (Wildman–Crippen MR) is 58.5 cm³/mol. The molecule has 0 saturated heterocycles. The third-order valence-electron chi connectivity index (χ3n) is 2.11. The molecule has 0 aliphatic rings. The lowest BCUT2D eigenvalue weighted by atomic mass is 10.0. The standard InChI is InChI=1S/C12H16FN/c1-9-6-11(8-12(13)7-9)10(2)4-3-5-14/h4,6-8H,3,5,14H2,1-2H3. The van der Waals surface area contributed by atoms with Gasteiger partial charge >= 0.3 is 0 Å². The van der Waals surface area contributed by atoms with Crippen LogP contribution in [-0.2, 0) is 0 Å². The first kappa shape index (κ1) is 10.9. The van der Waals surface area contributed by atoms with E-state index in [9.17, 15) is 4.39 Å². The van der Waals surface area contributed by atoms with Crippen molar-refractivity contribution >= 4 is 5.57 Å². The van der Waals surface area contributed by atoms with Gasteiger partial charge in [0, 0.05) is 0 Å². The summed E-state index contributed by atoms with van der Waals surface area (Å²) in [6.07, 6.45) is 2.87. The number of nitrogens with two attached hydrogens (primary N) is 1. The van der Waals surface area contributed by atoms with Crippen molar-refractivity contribution in [2.75, 3.05) is 6.54 Å². The molecule has 0 aromatic heterocycles. The molecule has 0 aliphatic heterocycles. The molecule has 0 aliphatic carbocycles. The summed E-state index contributed by atoms with van der Waals surface area (Å²) in [5, 5.41) is 0. The van der Waals surface area contributed by atoms with Crippen LogP contribution in [-0.4, -0.2) is 6.54 Å². The summed E-state index contributed by atoms with van der Waals surface area (Å²) in [5.41, 5.74) is 8.36. The summed E-state index contributed by atoms with van der Waals surface area (Å²) in [6, 6.07) is 5.06. The minimum Gasteiger partial charge on any atom is -0.330 e. The van der Waals surface area contributed by atoms with Crippen molar-refractivity contribution < 1.29 is 4.39 Å². The van der Waals surface area contributed by atoms with Gasteiger partial charge in [-0.1, -0.05) is 12.1 Å². The zero-order chi connectivity index (χ0) is 10.6. The lowest BCUT2D eigenvalue weighted by Gasteiger charge is -2.03. The Morgan fingerprint density at radius 1 is 1.43 bits per heavy atom. The van der Waals surface area contributed by atoms with E-state index in [1.54, 1.807) is 6.07 Å². The Morgan fingerprint density at radius 2 is 2.14 bits per heavy atom. The van der Waals surface area contributed by atoms with Gasteiger partial charge in [-0.25, -0.2) is 4.39 Å². The van der Waals surface area contributed by atoms with Gasteiger partial charge in [-0.2, -0.15) is 0 Å². The Balaban J connectivity index is 2.95. The molecule has 1 aromatic carbocycles. The molecule has 0 heterocycles. The first-order chi connectivity index (χ1) is 6.63. The number of aryl methyl sites for hydroxylation is 1. The average Bonchev–Trinajstić information content (AvgIpc) is 2.12. The van der Waals surface area contributed by atoms with Gasteiger partial charge in [-0.3, -0.25) is 0 Å². The van der Waals surface area contributed by atoms with Crippen molar-refractivity contribution in [1.82, 2.24) is 0 Å². The predicted octanol–water partition coefficient (Wildman–Crippen LogP) is 2.89. The van der Waals surface area contributed by atoms with Gasteiger partial charge in [0.2, 0.25) is 0 Å². The smallest absolute Gasteiger partial charge is 0.124 e. The monoisotopic (exact) mass is 193 g/mol. The minimum absolute atomic E-state index is 0.180. The van der Waals surface area contributed by atoms with Gasteiger partial charge in [-0.05, 0) is 55.6 Å².